The molecule has 1 aromatic heterocycles. The van der Waals surface area contributed by atoms with E-state index in [9.17, 15) is 4.79 Å². The molecule has 0 spiro atoms. The number of aromatic nitrogens is 2. The Morgan fingerprint density at radius 3 is 2.94 bits per heavy atom. The lowest BCUT2D eigenvalue weighted by atomic mass is 10.1. The molecule has 0 amide bonds. The van der Waals surface area contributed by atoms with E-state index in [1.807, 2.05) is 6.92 Å². The minimum Gasteiger partial charge on any atom is -0.396 e. The van der Waals surface area contributed by atoms with Crippen molar-refractivity contribution in [1.29, 1.82) is 0 Å². The molecule has 1 saturated carbocycles. The average Bonchev–Trinajstić information content (AvgIpc) is 3.06. The molecule has 3 N–H and O–H groups in total. The van der Waals surface area contributed by atoms with Gasteiger partial charge in [0.1, 0.15) is 11.6 Å². The van der Waals surface area contributed by atoms with E-state index < -0.39 is 0 Å². The Hall–Kier alpha value is -1.36. The molecule has 1 aliphatic rings. The maximum atomic E-state index is 11.3. The fourth-order valence-electron chi connectivity index (χ4n) is 1.61. The van der Waals surface area contributed by atoms with Crippen LogP contribution in [-0.4, -0.2) is 28.2 Å². The summed E-state index contributed by atoms with van der Waals surface area (Å²) in [7, 11) is 0. The van der Waals surface area contributed by atoms with Crippen LogP contribution in [0.3, 0.4) is 0 Å². The van der Waals surface area contributed by atoms with Crippen molar-refractivity contribution in [2.45, 2.75) is 26.2 Å². The second-order valence-electron chi connectivity index (χ2n) is 4.44. The summed E-state index contributed by atoms with van der Waals surface area (Å²) in [4.78, 5) is 18.2. The van der Waals surface area contributed by atoms with Crippen LogP contribution in [0.2, 0.25) is 0 Å². The molecular weight excluding hydrogens is 206 g/mol. The maximum absolute atomic E-state index is 11.3. The van der Waals surface area contributed by atoms with Crippen molar-refractivity contribution in [2.24, 2.45) is 5.41 Å². The van der Waals surface area contributed by atoms with E-state index >= 15 is 0 Å². The summed E-state index contributed by atoms with van der Waals surface area (Å²) in [5.41, 5.74) is -0.111. The van der Waals surface area contributed by atoms with Crippen LogP contribution in [0.1, 0.15) is 25.6 Å². The first-order valence-corrected chi connectivity index (χ1v) is 5.62. The molecule has 0 bridgehead atoms. The van der Waals surface area contributed by atoms with E-state index in [-0.39, 0.29) is 17.6 Å². The number of nitrogens with one attached hydrogen (secondary N) is 2. The third-order valence-electron chi connectivity index (χ3n) is 3.06. The minimum absolute atomic E-state index is 0.0245. The molecule has 1 fully saturated rings. The van der Waals surface area contributed by atoms with Crippen LogP contribution in [0.4, 0.5) is 5.82 Å². The van der Waals surface area contributed by atoms with E-state index in [0.717, 1.165) is 12.8 Å². The number of hydrogen-bond acceptors (Lipinski definition) is 4. The van der Waals surface area contributed by atoms with Gasteiger partial charge in [-0.2, -0.15) is 0 Å². The van der Waals surface area contributed by atoms with Gasteiger partial charge in [-0.3, -0.25) is 4.79 Å². The molecular formula is C11H17N3O2. The minimum atomic E-state index is -0.136. The van der Waals surface area contributed by atoms with Gasteiger partial charge in [0.25, 0.3) is 5.56 Å². The largest absolute Gasteiger partial charge is 0.396 e. The number of nitrogens with zero attached hydrogens (tertiary/aromatic N) is 1. The topological polar surface area (TPSA) is 78.0 Å². The first-order valence-electron chi connectivity index (χ1n) is 5.62. The average molecular weight is 223 g/mol. The normalized spacial score (nSPS) is 17.1. The second kappa shape index (κ2) is 4.25. The molecule has 1 heterocycles. The number of H-pyrrole nitrogens is 1. The van der Waals surface area contributed by atoms with Gasteiger partial charge in [-0.15, -0.1) is 0 Å². The fourth-order valence-corrected chi connectivity index (χ4v) is 1.61. The summed E-state index contributed by atoms with van der Waals surface area (Å²) in [5.74, 6) is 1.28. The van der Waals surface area contributed by atoms with E-state index in [0.29, 0.717) is 24.6 Å². The van der Waals surface area contributed by atoms with Gasteiger partial charge in [-0.05, 0) is 12.8 Å². The van der Waals surface area contributed by atoms with Gasteiger partial charge in [0.2, 0.25) is 0 Å². The number of hydrogen-bond donors (Lipinski definition) is 3. The quantitative estimate of drug-likeness (QED) is 0.680. The Kier molecular flexibility index (Phi) is 2.96. The SMILES string of the molecule is CCc1nc(NCC2(CO)CC2)cc(=O)[nH]1. The van der Waals surface area contributed by atoms with Gasteiger partial charge in [0, 0.05) is 24.4 Å². The van der Waals surface area contributed by atoms with Gasteiger partial charge < -0.3 is 15.4 Å². The molecule has 16 heavy (non-hydrogen) atoms. The maximum Gasteiger partial charge on any atom is 0.252 e. The lowest BCUT2D eigenvalue weighted by Gasteiger charge is -2.13. The number of rotatable bonds is 5. The van der Waals surface area contributed by atoms with Crippen LogP contribution in [0.15, 0.2) is 10.9 Å². The molecule has 0 aliphatic heterocycles. The van der Waals surface area contributed by atoms with Crippen molar-refractivity contribution in [3.63, 3.8) is 0 Å². The Morgan fingerprint density at radius 2 is 2.38 bits per heavy atom. The summed E-state index contributed by atoms with van der Waals surface area (Å²) in [6.45, 7) is 2.82. The highest BCUT2D eigenvalue weighted by Crippen LogP contribution is 2.44. The zero-order valence-corrected chi connectivity index (χ0v) is 9.42. The predicted molar refractivity (Wildman–Crippen MR) is 61.5 cm³/mol. The lowest BCUT2D eigenvalue weighted by molar-refractivity contribution is 0.219. The van der Waals surface area contributed by atoms with Gasteiger partial charge in [0.05, 0.1) is 6.61 Å². The van der Waals surface area contributed by atoms with Gasteiger partial charge >= 0.3 is 0 Å². The summed E-state index contributed by atoms with van der Waals surface area (Å²) >= 11 is 0. The Labute approximate surface area is 93.9 Å². The van der Waals surface area contributed by atoms with E-state index in [2.05, 4.69) is 15.3 Å². The Bertz CT molecular complexity index is 423. The van der Waals surface area contributed by atoms with E-state index in [1.165, 1.54) is 6.07 Å². The fraction of sp³-hybridized carbons (Fsp3) is 0.636. The molecule has 88 valence electrons. The standard InChI is InChI=1S/C11H17N3O2/c1-2-8-13-9(5-10(16)14-8)12-6-11(7-15)3-4-11/h5,15H,2-4,6-7H2,1H3,(H2,12,13,14,16). The third-order valence-corrected chi connectivity index (χ3v) is 3.06. The van der Waals surface area contributed by atoms with E-state index in [4.69, 9.17) is 5.11 Å². The number of aliphatic hydroxyl groups is 1. The highest BCUT2D eigenvalue weighted by molar-refractivity contribution is 5.33. The molecule has 0 aromatic carbocycles. The predicted octanol–water partition coefficient (Wildman–Crippen LogP) is 0.517. The third kappa shape index (κ3) is 2.41. The van der Waals surface area contributed by atoms with Crippen LogP contribution in [0.5, 0.6) is 0 Å². The molecule has 0 unspecified atom stereocenters. The summed E-state index contributed by atoms with van der Waals surface area (Å²) in [6.07, 6.45) is 2.79. The van der Waals surface area contributed by atoms with Crippen LogP contribution in [0.25, 0.3) is 0 Å². The van der Waals surface area contributed by atoms with Crippen molar-refractivity contribution >= 4 is 5.82 Å². The van der Waals surface area contributed by atoms with Crippen LogP contribution in [-0.2, 0) is 6.42 Å². The van der Waals surface area contributed by atoms with Crippen molar-refractivity contribution < 1.29 is 5.11 Å². The van der Waals surface area contributed by atoms with Gasteiger partial charge in [-0.1, -0.05) is 6.92 Å². The van der Waals surface area contributed by atoms with Gasteiger partial charge in [0.15, 0.2) is 0 Å². The van der Waals surface area contributed by atoms with Crippen molar-refractivity contribution in [1.82, 2.24) is 9.97 Å². The molecule has 0 saturated heterocycles. The number of anilines is 1. The molecule has 0 radical (unpaired) electrons. The van der Waals surface area contributed by atoms with Crippen molar-refractivity contribution in [2.75, 3.05) is 18.5 Å². The van der Waals surface area contributed by atoms with E-state index in [1.54, 1.807) is 0 Å². The van der Waals surface area contributed by atoms with Crippen LogP contribution >= 0.6 is 0 Å². The highest BCUT2D eigenvalue weighted by Gasteiger charge is 2.41. The Morgan fingerprint density at radius 1 is 1.62 bits per heavy atom. The number of aryl methyl sites for hydroxylation is 1. The lowest BCUT2D eigenvalue weighted by Crippen LogP contribution is -2.21. The number of aliphatic hydroxyl groups excluding tert-OH is 1. The molecule has 5 nitrogen and oxygen atoms in total. The summed E-state index contributed by atoms with van der Waals surface area (Å²) in [5, 5.41) is 12.3. The number of aromatic amines is 1. The summed E-state index contributed by atoms with van der Waals surface area (Å²) < 4.78 is 0. The zero-order chi connectivity index (χ0) is 11.6. The van der Waals surface area contributed by atoms with Crippen LogP contribution in [0, 0.1) is 5.41 Å². The molecule has 5 heteroatoms. The Balaban J connectivity index is 2.04. The highest BCUT2D eigenvalue weighted by atomic mass is 16.3. The first kappa shape index (κ1) is 11.1. The van der Waals surface area contributed by atoms with Crippen LogP contribution < -0.4 is 10.9 Å². The molecule has 0 atom stereocenters. The van der Waals surface area contributed by atoms with Crippen molar-refractivity contribution in [3.05, 3.63) is 22.2 Å². The first-order chi connectivity index (χ1) is 7.67. The molecule has 1 aliphatic carbocycles. The molecule has 1 aromatic rings. The van der Waals surface area contributed by atoms with Crippen molar-refractivity contribution in [3.8, 4) is 0 Å². The van der Waals surface area contributed by atoms with Gasteiger partial charge in [-0.25, -0.2) is 4.98 Å². The second-order valence-corrected chi connectivity index (χ2v) is 4.44. The monoisotopic (exact) mass is 223 g/mol. The smallest absolute Gasteiger partial charge is 0.252 e. The zero-order valence-electron chi connectivity index (χ0n) is 9.42. The summed E-state index contributed by atoms with van der Waals surface area (Å²) in [6, 6.07) is 1.45. The molecule has 2 rings (SSSR count).